The van der Waals surface area contributed by atoms with E-state index in [4.69, 9.17) is 14.5 Å². The first-order valence-corrected chi connectivity index (χ1v) is 11.3. The summed E-state index contributed by atoms with van der Waals surface area (Å²) in [4.78, 5) is 20.8. The summed E-state index contributed by atoms with van der Waals surface area (Å²) in [7, 11) is 0. The summed E-state index contributed by atoms with van der Waals surface area (Å²) in [6.07, 6.45) is 6.56. The number of fused-ring (bicyclic) bond motifs is 1. The van der Waals surface area contributed by atoms with Crippen molar-refractivity contribution in [2.75, 3.05) is 18.4 Å². The SMILES string of the molecule is C=CCC(C)c1cnn2c(NCc3ccccc3OC(C)=O)nc(O[C@@H]3CCCNC3)nc12. The standard InChI is InChI=1S/C24H30N6O3/c1-4-8-16(2)20-15-27-30-22(20)28-24(33-19-10-7-12-25-14-19)29-23(30)26-13-18-9-5-6-11-21(18)32-17(3)31/h4-6,9,11,15-16,19,25H,1,7-8,10,12-14H2,2-3H3,(H,26,28,29)/t16?,19-/m1/s1. The zero-order valence-electron chi connectivity index (χ0n) is 19.1. The van der Waals surface area contributed by atoms with Crippen LogP contribution in [0.5, 0.6) is 11.8 Å². The first-order valence-electron chi connectivity index (χ1n) is 11.3. The molecule has 1 saturated heterocycles. The van der Waals surface area contributed by atoms with Gasteiger partial charge in [0.1, 0.15) is 11.9 Å². The molecule has 33 heavy (non-hydrogen) atoms. The number of rotatable bonds is 9. The first-order chi connectivity index (χ1) is 16.0. The Hall–Kier alpha value is -3.46. The van der Waals surface area contributed by atoms with Gasteiger partial charge in [0, 0.05) is 31.1 Å². The molecule has 1 fully saturated rings. The summed E-state index contributed by atoms with van der Waals surface area (Å²) in [5.41, 5.74) is 2.53. The van der Waals surface area contributed by atoms with Gasteiger partial charge in [-0.2, -0.15) is 19.6 Å². The van der Waals surface area contributed by atoms with Gasteiger partial charge in [0.05, 0.1) is 6.20 Å². The maximum absolute atomic E-state index is 11.5. The number of aromatic nitrogens is 4. The van der Waals surface area contributed by atoms with Gasteiger partial charge in [-0.25, -0.2) is 0 Å². The Balaban J connectivity index is 1.65. The number of hydrogen-bond acceptors (Lipinski definition) is 8. The number of benzene rings is 1. The van der Waals surface area contributed by atoms with E-state index in [9.17, 15) is 4.79 Å². The van der Waals surface area contributed by atoms with Crippen molar-refractivity contribution in [3.8, 4) is 11.8 Å². The van der Waals surface area contributed by atoms with Crippen LogP contribution < -0.4 is 20.1 Å². The van der Waals surface area contributed by atoms with E-state index in [1.165, 1.54) is 6.92 Å². The van der Waals surface area contributed by atoms with Gasteiger partial charge in [0.15, 0.2) is 5.65 Å². The Labute approximate surface area is 193 Å². The van der Waals surface area contributed by atoms with E-state index < -0.39 is 0 Å². The lowest BCUT2D eigenvalue weighted by molar-refractivity contribution is -0.131. The predicted molar refractivity (Wildman–Crippen MR) is 126 cm³/mol. The van der Waals surface area contributed by atoms with Crippen LogP contribution in [0.2, 0.25) is 0 Å². The van der Waals surface area contributed by atoms with E-state index >= 15 is 0 Å². The van der Waals surface area contributed by atoms with Gasteiger partial charge in [-0.3, -0.25) is 4.79 Å². The molecule has 1 aliphatic rings. The van der Waals surface area contributed by atoms with E-state index in [2.05, 4.69) is 34.2 Å². The van der Waals surface area contributed by atoms with Crippen LogP contribution in [0.3, 0.4) is 0 Å². The second kappa shape index (κ2) is 10.4. The summed E-state index contributed by atoms with van der Waals surface area (Å²) in [5, 5.41) is 11.2. The highest BCUT2D eigenvalue weighted by molar-refractivity contribution is 5.69. The van der Waals surface area contributed by atoms with Crippen molar-refractivity contribution >= 4 is 17.6 Å². The van der Waals surface area contributed by atoms with Gasteiger partial charge in [0.25, 0.3) is 0 Å². The molecule has 2 aromatic heterocycles. The Morgan fingerprint density at radius 2 is 2.24 bits per heavy atom. The molecule has 3 heterocycles. The molecule has 0 radical (unpaired) electrons. The molecule has 0 bridgehead atoms. The van der Waals surface area contributed by atoms with Gasteiger partial charge < -0.3 is 20.1 Å². The summed E-state index contributed by atoms with van der Waals surface area (Å²) in [6, 6.07) is 7.71. The summed E-state index contributed by atoms with van der Waals surface area (Å²) in [5.74, 6) is 0.856. The minimum atomic E-state index is -0.364. The largest absolute Gasteiger partial charge is 0.459 e. The number of hydrogen-bond donors (Lipinski definition) is 2. The zero-order valence-corrected chi connectivity index (χ0v) is 19.1. The summed E-state index contributed by atoms with van der Waals surface area (Å²) in [6.45, 7) is 9.52. The highest BCUT2D eigenvalue weighted by Crippen LogP contribution is 2.27. The Bertz CT molecular complexity index is 1120. The van der Waals surface area contributed by atoms with Crippen LogP contribution in [0.25, 0.3) is 5.65 Å². The molecule has 0 saturated carbocycles. The van der Waals surface area contributed by atoms with Crippen molar-refractivity contribution in [3.05, 3.63) is 54.2 Å². The molecule has 0 amide bonds. The number of esters is 1. The number of para-hydroxylation sites is 1. The smallest absolute Gasteiger partial charge is 0.322 e. The quantitative estimate of drug-likeness (QED) is 0.290. The van der Waals surface area contributed by atoms with Crippen molar-refractivity contribution < 1.29 is 14.3 Å². The van der Waals surface area contributed by atoms with Gasteiger partial charge in [-0.15, -0.1) is 6.58 Å². The second-order valence-electron chi connectivity index (χ2n) is 8.23. The van der Waals surface area contributed by atoms with E-state index in [1.807, 2.05) is 30.5 Å². The van der Waals surface area contributed by atoms with Crippen molar-refractivity contribution in [1.82, 2.24) is 24.9 Å². The van der Waals surface area contributed by atoms with E-state index in [0.29, 0.717) is 29.9 Å². The molecule has 9 nitrogen and oxygen atoms in total. The van der Waals surface area contributed by atoms with Crippen LogP contribution in [-0.2, 0) is 11.3 Å². The van der Waals surface area contributed by atoms with Crippen LogP contribution in [0, 0.1) is 0 Å². The number of piperidine rings is 1. The van der Waals surface area contributed by atoms with E-state index in [0.717, 1.165) is 43.5 Å². The molecular formula is C24H30N6O3. The van der Waals surface area contributed by atoms with Crippen LogP contribution in [0.1, 0.15) is 50.2 Å². The summed E-state index contributed by atoms with van der Waals surface area (Å²) >= 11 is 0. The second-order valence-corrected chi connectivity index (χ2v) is 8.23. The molecule has 9 heteroatoms. The average Bonchev–Trinajstić information content (AvgIpc) is 3.23. The maximum Gasteiger partial charge on any atom is 0.322 e. The average molecular weight is 451 g/mol. The lowest BCUT2D eigenvalue weighted by atomic mass is 10.0. The number of ether oxygens (including phenoxy) is 2. The van der Waals surface area contributed by atoms with Crippen LogP contribution in [0.4, 0.5) is 5.95 Å². The molecule has 1 aliphatic heterocycles. The minimum Gasteiger partial charge on any atom is -0.459 e. The van der Waals surface area contributed by atoms with Crippen LogP contribution >= 0.6 is 0 Å². The van der Waals surface area contributed by atoms with Crippen LogP contribution in [0.15, 0.2) is 43.1 Å². The topological polar surface area (TPSA) is 103 Å². The third-order valence-electron chi connectivity index (χ3n) is 5.61. The number of nitrogens with one attached hydrogen (secondary N) is 2. The number of anilines is 1. The van der Waals surface area contributed by atoms with Crippen molar-refractivity contribution in [2.24, 2.45) is 0 Å². The fourth-order valence-corrected chi connectivity index (χ4v) is 3.91. The molecule has 3 aromatic rings. The van der Waals surface area contributed by atoms with Gasteiger partial charge in [-0.1, -0.05) is 31.2 Å². The van der Waals surface area contributed by atoms with Crippen LogP contribution in [-0.4, -0.2) is 44.7 Å². The normalized spacial score (nSPS) is 16.8. The molecule has 0 spiro atoms. The molecule has 4 rings (SSSR count). The molecule has 1 aromatic carbocycles. The third-order valence-corrected chi connectivity index (χ3v) is 5.61. The van der Waals surface area contributed by atoms with Crippen molar-refractivity contribution in [3.63, 3.8) is 0 Å². The Morgan fingerprint density at radius 3 is 3.00 bits per heavy atom. The van der Waals surface area contributed by atoms with E-state index in [1.54, 1.807) is 10.6 Å². The first kappa shape index (κ1) is 22.7. The molecular weight excluding hydrogens is 420 g/mol. The van der Waals surface area contributed by atoms with E-state index in [-0.39, 0.29) is 18.0 Å². The Morgan fingerprint density at radius 1 is 1.39 bits per heavy atom. The molecule has 174 valence electrons. The molecule has 1 unspecified atom stereocenters. The highest BCUT2D eigenvalue weighted by atomic mass is 16.5. The molecule has 2 atom stereocenters. The number of carbonyl (C=O) groups excluding carboxylic acids is 1. The van der Waals surface area contributed by atoms with Crippen molar-refractivity contribution in [1.29, 1.82) is 0 Å². The van der Waals surface area contributed by atoms with Gasteiger partial charge in [0.2, 0.25) is 5.95 Å². The molecule has 2 N–H and O–H groups in total. The fourth-order valence-electron chi connectivity index (χ4n) is 3.91. The Kier molecular flexibility index (Phi) is 7.19. The fraction of sp³-hybridized carbons (Fsp3) is 0.417. The van der Waals surface area contributed by atoms with Gasteiger partial charge >= 0.3 is 12.0 Å². The summed E-state index contributed by atoms with van der Waals surface area (Å²) < 4.78 is 13.2. The lowest BCUT2D eigenvalue weighted by Gasteiger charge is -2.23. The highest BCUT2D eigenvalue weighted by Gasteiger charge is 2.21. The third kappa shape index (κ3) is 5.48. The number of allylic oxidation sites excluding steroid dienone is 1. The zero-order chi connectivity index (χ0) is 23.2. The van der Waals surface area contributed by atoms with Gasteiger partial charge in [-0.05, 0) is 37.8 Å². The number of nitrogens with zero attached hydrogens (tertiary/aromatic N) is 4. The maximum atomic E-state index is 11.5. The molecule has 0 aliphatic carbocycles. The monoisotopic (exact) mass is 450 g/mol. The minimum absolute atomic E-state index is 0.0238. The lowest BCUT2D eigenvalue weighted by Crippen LogP contribution is -2.37. The van der Waals surface area contributed by atoms with Crippen molar-refractivity contribution in [2.45, 2.75) is 51.7 Å². The predicted octanol–water partition coefficient (Wildman–Crippen LogP) is 3.47. The number of carbonyl (C=O) groups is 1.